The van der Waals surface area contributed by atoms with Crippen molar-refractivity contribution in [2.24, 2.45) is 0 Å². The molecule has 2 heterocycles. The van der Waals surface area contributed by atoms with Crippen LogP contribution in [0.4, 0.5) is 24.7 Å². The van der Waals surface area contributed by atoms with Gasteiger partial charge in [0.2, 0.25) is 0 Å². The third-order valence-corrected chi connectivity index (χ3v) is 4.79. The topological polar surface area (TPSA) is 60.1 Å². The van der Waals surface area contributed by atoms with Crippen LogP contribution in [0.5, 0.6) is 5.75 Å². The molecule has 1 aliphatic rings. The molecule has 1 aliphatic heterocycles. The van der Waals surface area contributed by atoms with E-state index in [1.165, 1.54) is 6.07 Å². The van der Waals surface area contributed by atoms with E-state index in [9.17, 15) is 18.0 Å². The molecule has 1 aromatic carbocycles. The SMILES string of the molecule is CCOc1ccc(NC(=O)C[NH+]2CCN(c3ccc(C(F)(F)F)c[nH+]3)CC2)cc1. The Bertz CT molecular complexity index is 802. The van der Waals surface area contributed by atoms with Crippen LogP contribution >= 0.6 is 0 Å². The Morgan fingerprint density at radius 2 is 1.86 bits per heavy atom. The highest BCUT2D eigenvalue weighted by Gasteiger charge is 2.33. The molecule has 9 heteroatoms. The van der Waals surface area contributed by atoms with E-state index in [1.54, 1.807) is 12.1 Å². The van der Waals surface area contributed by atoms with E-state index in [0.717, 1.165) is 41.7 Å². The van der Waals surface area contributed by atoms with Crippen molar-refractivity contribution in [1.29, 1.82) is 0 Å². The lowest BCUT2D eigenvalue weighted by Crippen LogP contribution is -3.15. The summed E-state index contributed by atoms with van der Waals surface area (Å²) in [5, 5.41) is 2.88. The predicted molar refractivity (Wildman–Crippen MR) is 102 cm³/mol. The maximum atomic E-state index is 12.7. The summed E-state index contributed by atoms with van der Waals surface area (Å²) < 4.78 is 43.4. The average Bonchev–Trinajstić information content (AvgIpc) is 2.70. The summed E-state index contributed by atoms with van der Waals surface area (Å²) in [6.07, 6.45) is -3.37. The van der Waals surface area contributed by atoms with Crippen molar-refractivity contribution in [1.82, 2.24) is 0 Å². The first-order chi connectivity index (χ1) is 13.8. The van der Waals surface area contributed by atoms with Crippen LogP contribution in [0.1, 0.15) is 12.5 Å². The summed E-state index contributed by atoms with van der Waals surface area (Å²) in [5.41, 5.74) is 0.0207. The van der Waals surface area contributed by atoms with Gasteiger partial charge >= 0.3 is 6.18 Å². The second-order valence-electron chi connectivity index (χ2n) is 6.88. The number of ether oxygens (including phenoxy) is 1. The molecule has 0 atom stereocenters. The summed E-state index contributed by atoms with van der Waals surface area (Å²) in [4.78, 5) is 18.1. The van der Waals surface area contributed by atoms with E-state index in [2.05, 4.69) is 10.3 Å². The normalized spacial score (nSPS) is 15.2. The number of pyridine rings is 1. The minimum atomic E-state index is -4.35. The summed E-state index contributed by atoms with van der Waals surface area (Å²) in [6, 6.07) is 9.76. The molecule has 3 N–H and O–H groups in total. The fourth-order valence-corrected chi connectivity index (χ4v) is 3.26. The maximum Gasteiger partial charge on any atom is 0.419 e. The number of nitrogens with one attached hydrogen (secondary N) is 3. The van der Waals surface area contributed by atoms with Crippen molar-refractivity contribution in [3.8, 4) is 5.75 Å². The Morgan fingerprint density at radius 3 is 2.41 bits per heavy atom. The Kier molecular flexibility index (Phi) is 6.58. The molecule has 0 bridgehead atoms. The number of H-pyrrole nitrogens is 1. The number of carbonyl (C=O) groups excluding carboxylic acids is 1. The molecule has 0 unspecified atom stereocenters. The van der Waals surface area contributed by atoms with Crippen LogP contribution in [0.25, 0.3) is 0 Å². The molecule has 1 aromatic heterocycles. The van der Waals surface area contributed by atoms with Gasteiger partial charge in [-0.15, -0.1) is 0 Å². The Hall–Kier alpha value is -2.81. The van der Waals surface area contributed by atoms with Crippen LogP contribution in [-0.2, 0) is 11.0 Å². The minimum absolute atomic E-state index is 0.0706. The lowest BCUT2D eigenvalue weighted by atomic mass is 10.2. The number of quaternary nitrogens is 1. The van der Waals surface area contributed by atoms with Gasteiger partial charge in [0.1, 0.15) is 38.1 Å². The zero-order valence-electron chi connectivity index (χ0n) is 16.2. The highest BCUT2D eigenvalue weighted by Crippen LogP contribution is 2.28. The fourth-order valence-electron chi connectivity index (χ4n) is 3.26. The van der Waals surface area contributed by atoms with E-state index in [4.69, 9.17) is 4.74 Å². The van der Waals surface area contributed by atoms with E-state index in [-0.39, 0.29) is 5.91 Å². The molecule has 0 radical (unpaired) electrons. The number of anilines is 2. The highest BCUT2D eigenvalue weighted by atomic mass is 19.4. The van der Waals surface area contributed by atoms with Gasteiger partial charge in [-0.05, 0) is 37.3 Å². The third kappa shape index (κ3) is 5.83. The van der Waals surface area contributed by atoms with Crippen molar-refractivity contribution >= 4 is 17.4 Å². The quantitative estimate of drug-likeness (QED) is 0.754. The molecule has 2 aromatic rings. The molecule has 1 fully saturated rings. The number of hydrogen-bond donors (Lipinski definition) is 2. The summed E-state index contributed by atoms with van der Waals surface area (Å²) >= 11 is 0. The Morgan fingerprint density at radius 1 is 1.17 bits per heavy atom. The van der Waals surface area contributed by atoms with Gasteiger partial charge in [-0.1, -0.05) is 0 Å². The van der Waals surface area contributed by atoms with Crippen molar-refractivity contribution in [2.75, 3.05) is 49.5 Å². The summed E-state index contributed by atoms with van der Waals surface area (Å²) in [6.45, 7) is 5.62. The van der Waals surface area contributed by atoms with Crippen LogP contribution in [0.15, 0.2) is 42.6 Å². The number of aromatic amines is 1. The second kappa shape index (κ2) is 9.13. The van der Waals surface area contributed by atoms with Crippen LogP contribution in [0.3, 0.4) is 0 Å². The van der Waals surface area contributed by atoms with Crippen LogP contribution < -0.4 is 24.8 Å². The van der Waals surface area contributed by atoms with Gasteiger partial charge in [-0.25, -0.2) is 4.98 Å². The van der Waals surface area contributed by atoms with Gasteiger partial charge < -0.3 is 15.0 Å². The minimum Gasteiger partial charge on any atom is -0.494 e. The molecule has 3 rings (SSSR count). The number of nitrogens with zero attached hydrogens (tertiary/aromatic N) is 1. The van der Waals surface area contributed by atoms with Crippen LogP contribution in [0, 0.1) is 0 Å². The molecular weight excluding hydrogens is 385 g/mol. The lowest BCUT2D eigenvalue weighted by Gasteiger charge is -2.28. The van der Waals surface area contributed by atoms with Crippen LogP contribution in [0.2, 0.25) is 0 Å². The van der Waals surface area contributed by atoms with Gasteiger partial charge in [0.05, 0.1) is 12.2 Å². The van der Waals surface area contributed by atoms with Crippen molar-refractivity contribution in [2.45, 2.75) is 13.1 Å². The number of halogens is 3. The molecule has 156 valence electrons. The largest absolute Gasteiger partial charge is 0.494 e. The smallest absolute Gasteiger partial charge is 0.419 e. The van der Waals surface area contributed by atoms with E-state index >= 15 is 0 Å². The highest BCUT2D eigenvalue weighted by molar-refractivity contribution is 5.91. The van der Waals surface area contributed by atoms with Gasteiger partial charge in [0.15, 0.2) is 6.54 Å². The molecule has 6 nitrogen and oxygen atoms in total. The van der Waals surface area contributed by atoms with Crippen LogP contribution in [-0.4, -0.2) is 45.2 Å². The van der Waals surface area contributed by atoms with Crippen molar-refractivity contribution in [3.63, 3.8) is 0 Å². The summed E-state index contributed by atoms with van der Waals surface area (Å²) in [7, 11) is 0. The molecule has 0 spiro atoms. The van der Waals surface area contributed by atoms with Gasteiger partial charge in [0, 0.05) is 11.8 Å². The van der Waals surface area contributed by atoms with Crippen molar-refractivity contribution in [3.05, 3.63) is 48.2 Å². The van der Waals surface area contributed by atoms with Crippen molar-refractivity contribution < 1.29 is 32.6 Å². The van der Waals surface area contributed by atoms with Gasteiger partial charge in [-0.2, -0.15) is 13.2 Å². The molecular formula is C20H25F3N4O2+2. The standard InChI is InChI=1S/C20H23F3N4O2/c1-2-29-17-6-4-16(5-7-17)25-19(28)14-26-9-11-27(12-10-26)18-8-3-15(13-24-18)20(21,22)23/h3-8,13H,2,9-12,14H2,1H3,(H,25,28)/p+2. The number of benzene rings is 1. The zero-order chi connectivity index (χ0) is 20.9. The first kappa shape index (κ1) is 20.9. The molecule has 1 saturated heterocycles. The van der Waals surface area contributed by atoms with E-state index in [0.29, 0.717) is 32.1 Å². The maximum absolute atomic E-state index is 12.7. The summed E-state index contributed by atoms with van der Waals surface area (Å²) in [5.74, 6) is 1.34. The Balaban J connectivity index is 1.46. The third-order valence-electron chi connectivity index (χ3n) is 4.79. The Labute approximate surface area is 167 Å². The predicted octanol–water partition coefficient (Wildman–Crippen LogP) is 1.26. The van der Waals surface area contributed by atoms with E-state index < -0.39 is 11.7 Å². The van der Waals surface area contributed by atoms with Gasteiger partial charge in [0.25, 0.3) is 11.7 Å². The molecule has 29 heavy (non-hydrogen) atoms. The zero-order valence-corrected chi connectivity index (χ0v) is 16.2. The second-order valence-corrected chi connectivity index (χ2v) is 6.88. The molecule has 1 amide bonds. The first-order valence-electron chi connectivity index (χ1n) is 9.55. The monoisotopic (exact) mass is 410 g/mol. The molecule has 0 aliphatic carbocycles. The molecule has 0 saturated carbocycles. The first-order valence-corrected chi connectivity index (χ1v) is 9.55. The number of aromatic nitrogens is 1. The number of alkyl halides is 3. The number of carbonyl (C=O) groups is 1. The fraction of sp³-hybridized carbons (Fsp3) is 0.400. The number of amides is 1. The number of rotatable bonds is 6. The number of piperazine rings is 1. The number of hydrogen-bond acceptors (Lipinski definition) is 3. The lowest BCUT2D eigenvalue weighted by molar-refractivity contribution is -0.892. The van der Waals surface area contributed by atoms with E-state index in [1.807, 2.05) is 24.0 Å². The average molecular weight is 410 g/mol. The van der Waals surface area contributed by atoms with Gasteiger partial charge in [-0.3, -0.25) is 9.69 Å².